The molecule has 0 aliphatic carbocycles. The van der Waals surface area contributed by atoms with Gasteiger partial charge in [0.2, 0.25) is 0 Å². The highest BCUT2D eigenvalue weighted by molar-refractivity contribution is 5.23. The van der Waals surface area contributed by atoms with E-state index in [1.807, 2.05) is 0 Å². The molecule has 1 aliphatic rings. The Morgan fingerprint density at radius 1 is 1.67 bits per heavy atom. The fourth-order valence-corrected chi connectivity index (χ4v) is 1.67. The van der Waals surface area contributed by atoms with Gasteiger partial charge in [0, 0.05) is 6.20 Å². The molecule has 2 atom stereocenters. The number of aliphatic hydroxyl groups is 1. The van der Waals surface area contributed by atoms with E-state index in [4.69, 9.17) is 15.6 Å². The van der Waals surface area contributed by atoms with Crippen molar-refractivity contribution in [2.24, 2.45) is 0 Å². The topological polar surface area (TPSA) is 90.4 Å². The van der Waals surface area contributed by atoms with Crippen LogP contribution in [-0.4, -0.2) is 27.4 Å². The molecule has 0 spiro atoms. The Bertz CT molecular complexity index is 404. The van der Waals surface area contributed by atoms with Crippen LogP contribution in [0.2, 0.25) is 0 Å². The standard InChI is InChI=1S/C9H13N3O3/c10-7-3-4-12(9(14)11-7)8-2-1-6(5-13)15-8/h3-4,6,8,13H,1-2,5H2,(H2,10,11,14)/t6?,8-/m1/s1. The van der Waals surface area contributed by atoms with Gasteiger partial charge in [0.25, 0.3) is 0 Å². The van der Waals surface area contributed by atoms with Crippen LogP contribution in [0.4, 0.5) is 5.82 Å². The second-order valence-corrected chi connectivity index (χ2v) is 3.51. The minimum atomic E-state index is -0.418. The molecule has 0 radical (unpaired) electrons. The molecule has 2 rings (SSSR count). The third kappa shape index (κ3) is 2.00. The van der Waals surface area contributed by atoms with Crippen molar-refractivity contribution in [2.75, 3.05) is 12.3 Å². The predicted octanol–water partition coefficient (Wildman–Crippen LogP) is -0.505. The average molecular weight is 211 g/mol. The second kappa shape index (κ2) is 4.00. The van der Waals surface area contributed by atoms with Gasteiger partial charge in [-0.05, 0) is 18.9 Å². The van der Waals surface area contributed by atoms with E-state index in [0.717, 1.165) is 6.42 Å². The fraction of sp³-hybridized carbons (Fsp3) is 0.556. The van der Waals surface area contributed by atoms with Crippen LogP contribution in [0.3, 0.4) is 0 Å². The van der Waals surface area contributed by atoms with Gasteiger partial charge in [-0.2, -0.15) is 4.98 Å². The number of nitrogens with zero attached hydrogens (tertiary/aromatic N) is 2. The zero-order chi connectivity index (χ0) is 10.8. The molecule has 1 fully saturated rings. The van der Waals surface area contributed by atoms with Crippen molar-refractivity contribution in [2.45, 2.75) is 25.2 Å². The van der Waals surface area contributed by atoms with Crippen LogP contribution >= 0.6 is 0 Å². The summed E-state index contributed by atoms with van der Waals surface area (Å²) < 4.78 is 6.84. The van der Waals surface area contributed by atoms with Crippen LogP contribution in [0.1, 0.15) is 19.1 Å². The summed E-state index contributed by atoms with van der Waals surface area (Å²) in [5.41, 5.74) is 4.96. The number of anilines is 1. The lowest BCUT2D eigenvalue weighted by Gasteiger charge is -2.14. The van der Waals surface area contributed by atoms with Gasteiger partial charge in [-0.25, -0.2) is 4.79 Å². The van der Waals surface area contributed by atoms with Crippen molar-refractivity contribution in [3.05, 3.63) is 22.7 Å². The van der Waals surface area contributed by atoms with Crippen LogP contribution in [0.15, 0.2) is 17.1 Å². The third-order valence-corrected chi connectivity index (χ3v) is 2.45. The van der Waals surface area contributed by atoms with Gasteiger partial charge < -0.3 is 15.6 Å². The maximum atomic E-state index is 11.5. The maximum absolute atomic E-state index is 11.5. The Morgan fingerprint density at radius 2 is 2.47 bits per heavy atom. The van der Waals surface area contributed by atoms with Crippen molar-refractivity contribution < 1.29 is 9.84 Å². The van der Waals surface area contributed by atoms with E-state index in [9.17, 15) is 4.79 Å². The minimum Gasteiger partial charge on any atom is -0.394 e. The number of nitrogens with two attached hydrogens (primary N) is 1. The van der Waals surface area contributed by atoms with Crippen molar-refractivity contribution >= 4 is 5.82 Å². The van der Waals surface area contributed by atoms with Crippen molar-refractivity contribution in [1.29, 1.82) is 0 Å². The lowest BCUT2D eigenvalue weighted by atomic mass is 10.2. The Hall–Kier alpha value is -1.40. The molecule has 0 amide bonds. The van der Waals surface area contributed by atoms with Gasteiger partial charge in [-0.15, -0.1) is 0 Å². The zero-order valence-electron chi connectivity index (χ0n) is 8.17. The summed E-state index contributed by atoms with van der Waals surface area (Å²) in [5, 5.41) is 8.90. The lowest BCUT2D eigenvalue weighted by molar-refractivity contribution is -0.0245. The summed E-state index contributed by atoms with van der Waals surface area (Å²) in [6, 6.07) is 1.55. The third-order valence-electron chi connectivity index (χ3n) is 2.45. The van der Waals surface area contributed by atoms with Crippen LogP contribution in [0.25, 0.3) is 0 Å². The summed E-state index contributed by atoms with van der Waals surface area (Å²) in [7, 11) is 0. The highest BCUT2D eigenvalue weighted by Gasteiger charge is 2.26. The van der Waals surface area contributed by atoms with Gasteiger partial charge in [0.1, 0.15) is 12.0 Å². The average Bonchev–Trinajstić information content (AvgIpc) is 2.66. The van der Waals surface area contributed by atoms with Crippen LogP contribution in [0.5, 0.6) is 0 Å². The van der Waals surface area contributed by atoms with E-state index < -0.39 is 5.69 Å². The number of aliphatic hydroxyl groups excluding tert-OH is 1. The van der Waals surface area contributed by atoms with Crippen LogP contribution < -0.4 is 11.4 Å². The number of rotatable bonds is 2. The number of hydrogen-bond acceptors (Lipinski definition) is 5. The smallest absolute Gasteiger partial charge is 0.351 e. The van der Waals surface area contributed by atoms with Crippen molar-refractivity contribution in [3.8, 4) is 0 Å². The Labute approximate surface area is 86.3 Å². The van der Waals surface area contributed by atoms with Gasteiger partial charge in [-0.1, -0.05) is 0 Å². The Kier molecular flexibility index (Phi) is 2.70. The lowest BCUT2D eigenvalue weighted by Crippen LogP contribution is -2.27. The van der Waals surface area contributed by atoms with Gasteiger partial charge in [-0.3, -0.25) is 4.57 Å². The first-order valence-corrected chi connectivity index (χ1v) is 4.81. The quantitative estimate of drug-likeness (QED) is 0.688. The molecule has 3 N–H and O–H groups in total. The first kappa shape index (κ1) is 10.1. The molecule has 6 nitrogen and oxygen atoms in total. The molecule has 0 bridgehead atoms. The molecule has 1 aliphatic heterocycles. The van der Waals surface area contributed by atoms with E-state index in [1.54, 1.807) is 12.3 Å². The molecule has 82 valence electrons. The highest BCUT2D eigenvalue weighted by atomic mass is 16.5. The molecule has 15 heavy (non-hydrogen) atoms. The molecular weight excluding hydrogens is 198 g/mol. The van der Waals surface area contributed by atoms with Crippen molar-refractivity contribution in [1.82, 2.24) is 9.55 Å². The monoisotopic (exact) mass is 211 g/mol. The molecule has 1 aromatic rings. The van der Waals surface area contributed by atoms with E-state index in [0.29, 0.717) is 6.42 Å². The molecule has 6 heteroatoms. The minimum absolute atomic E-state index is 0.0202. The van der Waals surface area contributed by atoms with E-state index in [1.165, 1.54) is 4.57 Å². The second-order valence-electron chi connectivity index (χ2n) is 3.51. The summed E-state index contributed by atoms with van der Waals surface area (Å²) >= 11 is 0. The summed E-state index contributed by atoms with van der Waals surface area (Å²) in [6.07, 6.45) is 2.51. The zero-order valence-corrected chi connectivity index (χ0v) is 8.17. The molecule has 1 saturated heterocycles. The number of ether oxygens (including phenoxy) is 1. The van der Waals surface area contributed by atoms with E-state index >= 15 is 0 Å². The molecular formula is C9H13N3O3. The Balaban J connectivity index is 2.20. The first-order chi connectivity index (χ1) is 7.20. The van der Waals surface area contributed by atoms with Crippen LogP contribution in [-0.2, 0) is 4.74 Å². The normalized spacial score (nSPS) is 25.7. The number of hydrogen-bond donors (Lipinski definition) is 2. The highest BCUT2D eigenvalue weighted by Crippen LogP contribution is 2.26. The maximum Gasteiger partial charge on any atom is 0.351 e. The summed E-state index contributed by atoms with van der Waals surface area (Å²) in [5.74, 6) is 0.202. The number of aromatic nitrogens is 2. The fourth-order valence-electron chi connectivity index (χ4n) is 1.67. The molecule has 1 unspecified atom stereocenters. The van der Waals surface area contributed by atoms with Crippen molar-refractivity contribution in [3.63, 3.8) is 0 Å². The predicted molar refractivity (Wildman–Crippen MR) is 53.1 cm³/mol. The largest absolute Gasteiger partial charge is 0.394 e. The van der Waals surface area contributed by atoms with E-state index in [-0.39, 0.29) is 24.8 Å². The number of nitrogen functional groups attached to an aromatic ring is 1. The van der Waals surface area contributed by atoms with E-state index in [2.05, 4.69) is 4.98 Å². The first-order valence-electron chi connectivity index (χ1n) is 4.81. The van der Waals surface area contributed by atoms with Gasteiger partial charge in [0.05, 0.1) is 12.7 Å². The summed E-state index contributed by atoms with van der Waals surface area (Å²) in [6.45, 7) is -0.0202. The van der Waals surface area contributed by atoms with Gasteiger partial charge >= 0.3 is 5.69 Å². The Morgan fingerprint density at radius 3 is 3.07 bits per heavy atom. The van der Waals surface area contributed by atoms with Crippen LogP contribution in [0, 0.1) is 0 Å². The molecule has 1 aromatic heterocycles. The summed E-state index contributed by atoms with van der Waals surface area (Å²) in [4.78, 5) is 15.1. The molecule has 2 heterocycles. The van der Waals surface area contributed by atoms with Gasteiger partial charge in [0.15, 0.2) is 0 Å². The molecule has 0 aromatic carbocycles. The molecule has 0 saturated carbocycles. The SMILES string of the molecule is Nc1ccn([C@H]2CCC(CO)O2)c(=O)n1.